The van der Waals surface area contributed by atoms with Crippen molar-refractivity contribution in [1.82, 2.24) is 5.32 Å². The summed E-state index contributed by atoms with van der Waals surface area (Å²) >= 11 is 0. The van der Waals surface area contributed by atoms with Crippen LogP contribution in [0.2, 0.25) is 0 Å². The number of amides is 1. The Kier molecular flexibility index (Phi) is 4.24. The Morgan fingerprint density at radius 1 is 1.53 bits per heavy atom. The van der Waals surface area contributed by atoms with Gasteiger partial charge in [-0.1, -0.05) is 31.3 Å². The molecule has 0 spiro atoms. The van der Waals surface area contributed by atoms with Gasteiger partial charge in [0.05, 0.1) is 5.56 Å². The highest BCUT2D eigenvalue weighted by atomic mass is 16.2. The van der Waals surface area contributed by atoms with Crippen LogP contribution >= 0.6 is 0 Å². The lowest BCUT2D eigenvalue weighted by molar-refractivity contribution is 0.0948. The van der Waals surface area contributed by atoms with Crippen LogP contribution in [0.5, 0.6) is 0 Å². The first kappa shape index (κ1) is 13.6. The van der Waals surface area contributed by atoms with Gasteiger partial charge in [-0.3, -0.25) is 4.79 Å². The molecule has 0 aromatic heterocycles. The van der Waals surface area contributed by atoms with Crippen LogP contribution in [0.1, 0.15) is 41.3 Å². The predicted octanol–water partition coefficient (Wildman–Crippen LogP) is 1.87. The molecule has 2 rings (SSSR count). The molecule has 1 aliphatic carbocycles. The van der Waals surface area contributed by atoms with Crippen LogP contribution in [0.15, 0.2) is 18.2 Å². The van der Waals surface area contributed by atoms with E-state index < -0.39 is 0 Å². The summed E-state index contributed by atoms with van der Waals surface area (Å²) in [5.74, 6) is 6.00. The molecular weight excluding hydrogens is 238 g/mol. The van der Waals surface area contributed by atoms with E-state index in [1.807, 2.05) is 19.1 Å². The number of hydrogen-bond acceptors (Lipinski definition) is 2. The molecule has 0 bridgehead atoms. The van der Waals surface area contributed by atoms with Gasteiger partial charge in [0.15, 0.2) is 0 Å². The zero-order valence-corrected chi connectivity index (χ0v) is 11.4. The second-order valence-electron chi connectivity index (χ2n) is 4.99. The quantitative estimate of drug-likeness (QED) is 0.812. The fourth-order valence-corrected chi connectivity index (χ4v) is 2.22. The molecule has 2 unspecified atom stereocenters. The molecule has 1 saturated carbocycles. The Balaban J connectivity index is 2.16. The maximum Gasteiger partial charge on any atom is 0.252 e. The lowest BCUT2D eigenvalue weighted by atomic mass is 10.0. The molecule has 0 aliphatic heterocycles. The molecule has 0 saturated heterocycles. The summed E-state index contributed by atoms with van der Waals surface area (Å²) in [7, 11) is 0. The molecule has 1 fully saturated rings. The Morgan fingerprint density at radius 2 is 2.32 bits per heavy atom. The maximum absolute atomic E-state index is 12.2. The Hall–Kier alpha value is -1.79. The number of aliphatic hydroxyl groups is 1. The first-order chi connectivity index (χ1) is 9.15. The molecule has 0 heterocycles. The van der Waals surface area contributed by atoms with Crippen molar-refractivity contribution in [2.45, 2.75) is 32.7 Å². The summed E-state index contributed by atoms with van der Waals surface area (Å²) in [6.07, 6.45) is 2.18. The van der Waals surface area contributed by atoms with Crippen LogP contribution < -0.4 is 5.32 Å². The highest BCUT2D eigenvalue weighted by Crippen LogP contribution is 2.33. The van der Waals surface area contributed by atoms with Crippen molar-refractivity contribution < 1.29 is 9.90 Å². The van der Waals surface area contributed by atoms with Gasteiger partial charge in [-0.15, -0.1) is 0 Å². The highest BCUT2D eigenvalue weighted by Gasteiger charge is 2.36. The van der Waals surface area contributed by atoms with Crippen molar-refractivity contribution in [3.8, 4) is 11.8 Å². The van der Waals surface area contributed by atoms with Crippen molar-refractivity contribution in [1.29, 1.82) is 0 Å². The highest BCUT2D eigenvalue weighted by molar-refractivity contribution is 5.97. The summed E-state index contributed by atoms with van der Waals surface area (Å²) in [6.45, 7) is 3.90. The number of carbonyl (C=O) groups excluding carboxylic acids is 1. The summed E-state index contributed by atoms with van der Waals surface area (Å²) in [4.78, 5) is 12.2. The minimum absolute atomic E-state index is 0.0665. The number of aryl methyl sites for hydroxylation is 1. The van der Waals surface area contributed by atoms with Gasteiger partial charge >= 0.3 is 0 Å². The molecule has 1 amide bonds. The molecule has 2 N–H and O–H groups in total. The third kappa shape index (κ3) is 3.36. The zero-order valence-electron chi connectivity index (χ0n) is 11.4. The van der Waals surface area contributed by atoms with Gasteiger partial charge in [0, 0.05) is 11.6 Å². The van der Waals surface area contributed by atoms with Gasteiger partial charge in [0.25, 0.3) is 5.91 Å². The van der Waals surface area contributed by atoms with Gasteiger partial charge in [-0.25, -0.2) is 0 Å². The van der Waals surface area contributed by atoms with E-state index in [9.17, 15) is 4.79 Å². The largest absolute Gasteiger partial charge is 0.384 e. The van der Waals surface area contributed by atoms with Crippen LogP contribution in [0, 0.1) is 24.7 Å². The monoisotopic (exact) mass is 257 g/mol. The molecule has 0 radical (unpaired) electrons. The second kappa shape index (κ2) is 5.90. The smallest absolute Gasteiger partial charge is 0.252 e. The molecule has 1 aliphatic rings. The standard InChI is InChI=1S/C16H19NO2/c1-3-12-10-15(12)17-16(19)14-7-6-11(2)9-13(14)5-4-8-18/h6-7,9,12,15,18H,3,8,10H2,1-2H3,(H,17,19). The molecule has 1 aromatic rings. The molecule has 2 atom stereocenters. The summed E-state index contributed by atoms with van der Waals surface area (Å²) in [6, 6.07) is 5.90. The third-order valence-corrected chi connectivity index (χ3v) is 3.49. The predicted molar refractivity (Wildman–Crippen MR) is 74.8 cm³/mol. The molecule has 3 heteroatoms. The molecule has 100 valence electrons. The minimum atomic E-state index is -0.199. The van der Waals surface area contributed by atoms with Crippen LogP contribution in [0.25, 0.3) is 0 Å². The number of rotatable bonds is 3. The topological polar surface area (TPSA) is 49.3 Å². The van der Waals surface area contributed by atoms with Gasteiger partial charge < -0.3 is 10.4 Å². The van der Waals surface area contributed by atoms with Gasteiger partial charge in [-0.05, 0) is 37.0 Å². The van der Waals surface area contributed by atoms with E-state index in [2.05, 4.69) is 24.1 Å². The summed E-state index contributed by atoms with van der Waals surface area (Å²) in [5, 5.41) is 11.8. The Bertz CT molecular complexity index is 539. The number of aliphatic hydroxyl groups excluding tert-OH is 1. The molecule has 19 heavy (non-hydrogen) atoms. The fourth-order valence-electron chi connectivity index (χ4n) is 2.22. The number of benzene rings is 1. The van der Waals surface area contributed by atoms with Crippen molar-refractivity contribution in [3.05, 3.63) is 34.9 Å². The van der Waals surface area contributed by atoms with Crippen LogP contribution in [-0.2, 0) is 0 Å². The van der Waals surface area contributed by atoms with E-state index in [0.717, 1.165) is 18.4 Å². The normalized spacial score (nSPS) is 20.4. The summed E-state index contributed by atoms with van der Waals surface area (Å²) < 4.78 is 0. The molecular formula is C16H19NO2. The number of nitrogens with one attached hydrogen (secondary N) is 1. The lowest BCUT2D eigenvalue weighted by Gasteiger charge is -2.07. The van der Waals surface area contributed by atoms with Crippen LogP contribution in [0.4, 0.5) is 0 Å². The van der Waals surface area contributed by atoms with E-state index in [4.69, 9.17) is 5.11 Å². The van der Waals surface area contributed by atoms with E-state index in [1.165, 1.54) is 0 Å². The molecule has 1 aromatic carbocycles. The van der Waals surface area contributed by atoms with E-state index >= 15 is 0 Å². The van der Waals surface area contributed by atoms with Crippen LogP contribution in [-0.4, -0.2) is 23.7 Å². The fraction of sp³-hybridized carbons (Fsp3) is 0.438. The SMILES string of the molecule is CCC1CC1NC(=O)c1ccc(C)cc1C#CCO. The lowest BCUT2D eigenvalue weighted by Crippen LogP contribution is -2.27. The zero-order chi connectivity index (χ0) is 13.8. The average Bonchev–Trinajstić information content (AvgIpc) is 3.14. The first-order valence-electron chi connectivity index (χ1n) is 6.67. The van der Waals surface area contributed by atoms with Crippen molar-refractivity contribution >= 4 is 5.91 Å². The number of carbonyl (C=O) groups is 1. The van der Waals surface area contributed by atoms with E-state index in [1.54, 1.807) is 6.07 Å². The van der Waals surface area contributed by atoms with Crippen molar-refractivity contribution in [2.24, 2.45) is 5.92 Å². The first-order valence-corrected chi connectivity index (χ1v) is 6.67. The number of hydrogen-bond donors (Lipinski definition) is 2. The Morgan fingerprint density at radius 3 is 2.95 bits per heavy atom. The van der Waals surface area contributed by atoms with E-state index in [0.29, 0.717) is 23.1 Å². The second-order valence-corrected chi connectivity index (χ2v) is 4.99. The third-order valence-electron chi connectivity index (χ3n) is 3.49. The molecule has 3 nitrogen and oxygen atoms in total. The Labute approximate surface area is 114 Å². The van der Waals surface area contributed by atoms with Gasteiger partial charge in [0.2, 0.25) is 0 Å². The van der Waals surface area contributed by atoms with Crippen LogP contribution in [0.3, 0.4) is 0 Å². The van der Waals surface area contributed by atoms with Gasteiger partial charge in [-0.2, -0.15) is 0 Å². The minimum Gasteiger partial charge on any atom is -0.384 e. The van der Waals surface area contributed by atoms with Gasteiger partial charge in [0.1, 0.15) is 6.61 Å². The average molecular weight is 257 g/mol. The maximum atomic E-state index is 12.2. The van der Waals surface area contributed by atoms with E-state index in [-0.39, 0.29) is 12.5 Å². The van der Waals surface area contributed by atoms with Crippen molar-refractivity contribution in [3.63, 3.8) is 0 Å². The summed E-state index contributed by atoms with van der Waals surface area (Å²) in [5.41, 5.74) is 2.32. The van der Waals surface area contributed by atoms with Crippen molar-refractivity contribution in [2.75, 3.05) is 6.61 Å².